The van der Waals surface area contributed by atoms with Crippen molar-refractivity contribution in [1.29, 1.82) is 0 Å². The quantitative estimate of drug-likeness (QED) is 0.195. The molecular formula is C51H35N5S. The molecular weight excluding hydrogens is 715 g/mol. The van der Waals surface area contributed by atoms with E-state index in [1.165, 1.54) is 69.5 Å². The normalized spacial score (nSPS) is 16.0. The second kappa shape index (κ2) is 12.1. The first-order chi connectivity index (χ1) is 28.0. The number of aromatic nitrogens is 3. The molecule has 0 amide bonds. The maximum Gasteiger partial charge on any atom is 0.145 e. The summed E-state index contributed by atoms with van der Waals surface area (Å²) < 4.78 is 4.92. The molecule has 0 fully saturated rings. The Balaban J connectivity index is 0.997. The summed E-state index contributed by atoms with van der Waals surface area (Å²) in [6.45, 7) is 4.65. The lowest BCUT2D eigenvalue weighted by molar-refractivity contribution is 0.627. The summed E-state index contributed by atoms with van der Waals surface area (Å²) in [5.41, 5.74) is 12.3. The van der Waals surface area contributed by atoms with Crippen LogP contribution in [0.3, 0.4) is 0 Å². The molecule has 0 saturated heterocycles. The van der Waals surface area contributed by atoms with Gasteiger partial charge in [0, 0.05) is 77.3 Å². The average Bonchev–Trinajstić information content (AvgIpc) is 3.87. The first kappa shape index (κ1) is 32.4. The predicted octanol–water partition coefficient (Wildman–Crippen LogP) is 12.6. The first-order valence-electron chi connectivity index (χ1n) is 19.4. The van der Waals surface area contributed by atoms with Gasteiger partial charge >= 0.3 is 0 Å². The molecule has 2 aliphatic rings. The Morgan fingerprint density at radius 3 is 2.18 bits per heavy atom. The van der Waals surface area contributed by atoms with E-state index in [-0.39, 0.29) is 11.6 Å². The molecule has 0 saturated carbocycles. The van der Waals surface area contributed by atoms with Crippen molar-refractivity contribution in [3.8, 4) is 16.9 Å². The molecule has 270 valence electrons. The van der Waals surface area contributed by atoms with Crippen LogP contribution in [0.4, 0.5) is 0 Å². The second-order valence-corrected chi connectivity index (χ2v) is 16.8. The van der Waals surface area contributed by atoms with E-state index in [0.717, 1.165) is 39.4 Å². The highest BCUT2D eigenvalue weighted by atomic mass is 32.1. The molecule has 1 aliphatic heterocycles. The van der Waals surface area contributed by atoms with Crippen LogP contribution in [0, 0.1) is 0 Å². The zero-order chi connectivity index (χ0) is 37.8. The number of rotatable bonds is 4. The molecule has 0 spiro atoms. The SMILES string of the molecule is CC1(C)C2=C(NC(c3ccncc3)N=C2c2ccc(-n3c4ccccc4c4cc5ccccc5cc43)nc2)c2cc(-c3ccc4c(c3)sc3ccccc34)ccc21. The Morgan fingerprint density at radius 2 is 1.33 bits per heavy atom. The number of nitrogens with zero attached hydrogens (tertiary/aromatic N) is 4. The fraction of sp³-hybridized carbons (Fsp3) is 0.0784. The molecule has 5 nitrogen and oxygen atoms in total. The average molecular weight is 750 g/mol. The monoisotopic (exact) mass is 749 g/mol. The Kier molecular flexibility index (Phi) is 6.84. The smallest absolute Gasteiger partial charge is 0.145 e. The van der Waals surface area contributed by atoms with Gasteiger partial charge in [0.25, 0.3) is 0 Å². The van der Waals surface area contributed by atoms with Gasteiger partial charge in [0.2, 0.25) is 0 Å². The van der Waals surface area contributed by atoms with Crippen LogP contribution in [-0.2, 0) is 5.41 Å². The molecule has 1 N–H and O–H groups in total. The fourth-order valence-corrected chi connectivity index (χ4v) is 10.5. The summed E-state index contributed by atoms with van der Waals surface area (Å²) in [4.78, 5) is 15.0. The summed E-state index contributed by atoms with van der Waals surface area (Å²) in [7, 11) is 0. The van der Waals surface area contributed by atoms with Gasteiger partial charge in [-0.05, 0) is 93.7 Å². The predicted molar refractivity (Wildman–Crippen MR) is 237 cm³/mol. The van der Waals surface area contributed by atoms with Gasteiger partial charge in [0.15, 0.2) is 0 Å². The van der Waals surface area contributed by atoms with Gasteiger partial charge in [-0.25, -0.2) is 4.98 Å². The summed E-state index contributed by atoms with van der Waals surface area (Å²) in [5.74, 6) is 0.879. The van der Waals surface area contributed by atoms with Gasteiger partial charge in [-0.3, -0.25) is 14.5 Å². The van der Waals surface area contributed by atoms with Crippen molar-refractivity contribution < 1.29 is 0 Å². The van der Waals surface area contributed by atoms with Crippen LogP contribution in [0.15, 0.2) is 175 Å². The number of thiophene rings is 1. The highest BCUT2D eigenvalue weighted by Crippen LogP contribution is 2.50. The van der Waals surface area contributed by atoms with Gasteiger partial charge in [0.05, 0.1) is 16.7 Å². The van der Waals surface area contributed by atoms with Crippen LogP contribution in [0.5, 0.6) is 0 Å². The van der Waals surface area contributed by atoms with Crippen molar-refractivity contribution in [3.05, 3.63) is 192 Å². The van der Waals surface area contributed by atoms with E-state index >= 15 is 0 Å². The van der Waals surface area contributed by atoms with E-state index < -0.39 is 0 Å². The molecule has 1 unspecified atom stereocenters. The number of pyridine rings is 2. The van der Waals surface area contributed by atoms with Gasteiger partial charge in [-0.2, -0.15) is 0 Å². The van der Waals surface area contributed by atoms with Crippen LogP contribution in [0.2, 0.25) is 0 Å². The minimum absolute atomic E-state index is 0.285. The first-order valence-corrected chi connectivity index (χ1v) is 20.3. The molecule has 5 heterocycles. The zero-order valence-electron chi connectivity index (χ0n) is 31.4. The third kappa shape index (κ3) is 4.84. The molecule has 12 rings (SSSR count). The van der Waals surface area contributed by atoms with Gasteiger partial charge in [-0.15, -0.1) is 11.3 Å². The van der Waals surface area contributed by atoms with Gasteiger partial charge < -0.3 is 5.32 Å². The summed E-state index contributed by atoms with van der Waals surface area (Å²) in [6.07, 6.45) is 5.42. The van der Waals surface area contributed by atoms with E-state index in [1.807, 2.05) is 29.9 Å². The van der Waals surface area contributed by atoms with E-state index in [1.54, 1.807) is 0 Å². The molecule has 1 aliphatic carbocycles. The lowest BCUT2D eigenvalue weighted by atomic mass is 9.77. The van der Waals surface area contributed by atoms with Gasteiger partial charge in [0.1, 0.15) is 12.0 Å². The standard InChI is InChI=1S/C51H35N5S/c1-51(2)41-19-16-33(34-15-18-38-37-12-6-8-14-44(37)57-45(38)28-34)26-40(41)49-47(51)48(54-50(55-49)30-21-23-52-24-22-30)35-17-20-46(53-29-35)56-42-13-7-5-11-36(42)39-25-31-9-3-4-10-32(31)27-43(39)56/h3-29,50,55H,1-2H3. The summed E-state index contributed by atoms with van der Waals surface area (Å²) >= 11 is 1.86. The fourth-order valence-electron chi connectivity index (χ4n) is 9.37. The zero-order valence-corrected chi connectivity index (χ0v) is 32.2. The Hall–Kier alpha value is -6.89. The third-order valence-corrected chi connectivity index (χ3v) is 13.3. The van der Waals surface area contributed by atoms with Crippen molar-refractivity contribution >= 4 is 75.5 Å². The number of para-hydroxylation sites is 1. The minimum atomic E-state index is -0.305. The Labute approximate surface area is 333 Å². The van der Waals surface area contributed by atoms with Gasteiger partial charge in [-0.1, -0.05) is 98.8 Å². The highest BCUT2D eigenvalue weighted by Gasteiger charge is 2.43. The highest BCUT2D eigenvalue weighted by molar-refractivity contribution is 7.25. The maximum atomic E-state index is 5.48. The van der Waals surface area contributed by atoms with Crippen molar-refractivity contribution in [3.63, 3.8) is 0 Å². The molecule has 6 aromatic carbocycles. The van der Waals surface area contributed by atoms with E-state index in [9.17, 15) is 0 Å². The maximum absolute atomic E-state index is 5.48. The Morgan fingerprint density at radius 1 is 0.614 bits per heavy atom. The molecule has 6 heteroatoms. The van der Waals surface area contributed by atoms with Crippen LogP contribution < -0.4 is 5.32 Å². The second-order valence-electron chi connectivity index (χ2n) is 15.7. The summed E-state index contributed by atoms with van der Waals surface area (Å²) in [6, 6.07) is 52.8. The number of nitrogens with one attached hydrogen (secondary N) is 1. The van der Waals surface area contributed by atoms with Crippen LogP contribution in [0.1, 0.15) is 42.3 Å². The summed E-state index contributed by atoms with van der Waals surface area (Å²) in [5, 5.41) is 11.4. The topological polar surface area (TPSA) is 55.1 Å². The molecule has 10 aromatic rings. The lowest BCUT2D eigenvalue weighted by Crippen LogP contribution is -2.31. The minimum Gasteiger partial charge on any atom is -0.359 e. The number of benzene rings is 6. The van der Waals surface area contributed by atoms with Crippen molar-refractivity contribution in [2.45, 2.75) is 25.4 Å². The number of hydrogen-bond donors (Lipinski definition) is 1. The van der Waals surface area contributed by atoms with Crippen molar-refractivity contribution in [2.75, 3.05) is 0 Å². The van der Waals surface area contributed by atoms with Crippen molar-refractivity contribution in [2.24, 2.45) is 4.99 Å². The molecule has 0 bridgehead atoms. The van der Waals surface area contributed by atoms with Crippen LogP contribution >= 0.6 is 11.3 Å². The molecule has 57 heavy (non-hydrogen) atoms. The molecule has 4 aromatic heterocycles. The largest absolute Gasteiger partial charge is 0.359 e. The van der Waals surface area contributed by atoms with E-state index in [2.05, 4.69) is 174 Å². The number of allylic oxidation sites excluding steroid dienone is 1. The molecule has 1 atom stereocenters. The Bertz CT molecular complexity index is 3350. The van der Waals surface area contributed by atoms with E-state index in [4.69, 9.17) is 9.98 Å². The van der Waals surface area contributed by atoms with E-state index in [0.29, 0.717) is 0 Å². The lowest BCUT2D eigenvalue weighted by Gasteiger charge is -2.31. The van der Waals surface area contributed by atoms with Crippen LogP contribution in [-0.4, -0.2) is 20.2 Å². The van der Waals surface area contributed by atoms with Crippen molar-refractivity contribution in [1.82, 2.24) is 19.9 Å². The number of fused-ring (bicyclic) bond motifs is 9. The van der Waals surface area contributed by atoms with Crippen LogP contribution in [0.25, 0.3) is 75.4 Å². The number of hydrogen-bond acceptors (Lipinski definition) is 5. The molecule has 0 radical (unpaired) electrons. The number of aliphatic imine (C=N–C) groups is 1. The third-order valence-electron chi connectivity index (χ3n) is 12.1.